The van der Waals surface area contributed by atoms with Crippen LogP contribution < -0.4 is 5.73 Å². The van der Waals surface area contributed by atoms with Crippen LogP contribution >= 0.6 is 11.8 Å². The van der Waals surface area contributed by atoms with E-state index in [4.69, 9.17) is 10.8 Å². The Bertz CT molecular complexity index is 310. The van der Waals surface area contributed by atoms with Crippen molar-refractivity contribution < 1.29 is 5.11 Å². The molecule has 0 amide bonds. The molecule has 0 saturated heterocycles. The molecule has 0 aliphatic heterocycles. The molecule has 0 spiro atoms. The lowest BCUT2D eigenvalue weighted by molar-refractivity contribution is 0.182. The first-order valence-corrected chi connectivity index (χ1v) is 6.59. The fourth-order valence-electron chi connectivity index (χ4n) is 1.46. The first-order chi connectivity index (χ1) is 7.59. The maximum Gasteiger partial charge on any atom is 0.0625 e. The molecule has 1 unspecified atom stereocenters. The molecule has 0 aliphatic rings. The van der Waals surface area contributed by atoms with Crippen LogP contribution in [0.5, 0.6) is 0 Å². The molecule has 0 aliphatic carbocycles. The van der Waals surface area contributed by atoms with E-state index in [-0.39, 0.29) is 6.61 Å². The monoisotopic (exact) mass is 243 g/mol. The molecule has 0 bridgehead atoms. The normalized spacial score (nSPS) is 15.0. The minimum absolute atomic E-state index is 0.0705. The summed E-state index contributed by atoms with van der Waals surface area (Å²) in [7, 11) is 1.91. The minimum Gasteiger partial charge on any atom is -0.394 e. The van der Waals surface area contributed by atoms with Crippen molar-refractivity contribution in [2.24, 2.45) is 12.8 Å². The van der Waals surface area contributed by atoms with Crippen LogP contribution in [0.4, 0.5) is 0 Å². The molecule has 1 atom stereocenters. The molecule has 4 nitrogen and oxygen atoms in total. The number of nitrogens with zero attached hydrogens (tertiary/aromatic N) is 2. The summed E-state index contributed by atoms with van der Waals surface area (Å²) in [6.45, 7) is 2.09. The second kappa shape index (κ2) is 6.27. The van der Waals surface area contributed by atoms with Gasteiger partial charge in [0.25, 0.3) is 0 Å². The predicted molar refractivity (Wildman–Crippen MR) is 67.5 cm³/mol. The van der Waals surface area contributed by atoms with E-state index in [0.717, 1.165) is 25.0 Å². The molecule has 0 saturated carbocycles. The summed E-state index contributed by atoms with van der Waals surface area (Å²) < 4.78 is 1.80. The number of nitrogens with two attached hydrogens (primary N) is 1. The molecule has 0 radical (unpaired) electrons. The SMILES string of the molecule is CCC(N)(CO)CCCSc1cnn(C)c1. The summed E-state index contributed by atoms with van der Waals surface area (Å²) in [6, 6.07) is 0. The summed E-state index contributed by atoms with van der Waals surface area (Å²) in [6.07, 6.45) is 6.58. The first kappa shape index (κ1) is 13.5. The third-order valence-corrected chi connectivity index (χ3v) is 3.82. The van der Waals surface area contributed by atoms with Crippen LogP contribution in [0.15, 0.2) is 17.3 Å². The summed E-state index contributed by atoms with van der Waals surface area (Å²) in [5.41, 5.74) is 5.61. The van der Waals surface area contributed by atoms with Gasteiger partial charge in [-0.25, -0.2) is 0 Å². The molecule has 1 rings (SSSR count). The fraction of sp³-hybridized carbons (Fsp3) is 0.727. The molecular formula is C11H21N3OS. The number of hydrogen-bond acceptors (Lipinski definition) is 4. The van der Waals surface area contributed by atoms with Gasteiger partial charge in [-0.2, -0.15) is 5.10 Å². The van der Waals surface area contributed by atoms with E-state index < -0.39 is 5.54 Å². The van der Waals surface area contributed by atoms with Gasteiger partial charge in [-0.05, 0) is 25.0 Å². The van der Waals surface area contributed by atoms with E-state index in [1.807, 2.05) is 26.4 Å². The Morgan fingerprint density at radius 1 is 1.62 bits per heavy atom. The van der Waals surface area contributed by atoms with Gasteiger partial charge in [0.15, 0.2) is 0 Å². The lowest BCUT2D eigenvalue weighted by Gasteiger charge is -2.25. The summed E-state index contributed by atoms with van der Waals surface area (Å²) in [5, 5.41) is 13.3. The van der Waals surface area contributed by atoms with Gasteiger partial charge in [0.1, 0.15) is 0 Å². The Balaban J connectivity index is 2.21. The van der Waals surface area contributed by atoms with Gasteiger partial charge in [0, 0.05) is 23.7 Å². The van der Waals surface area contributed by atoms with E-state index in [0.29, 0.717) is 0 Å². The zero-order valence-corrected chi connectivity index (χ0v) is 10.8. The van der Waals surface area contributed by atoms with Crippen LogP contribution in [-0.2, 0) is 7.05 Å². The third kappa shape index (κ3) is 4.15. The van der Waals surface area contributed by atoms with Crippen LogP contribution in [0.3, 0.4) is 0 Å². The highest BCUT2D eigenvalue weighted by molar-refractivity contribution is 7.99. The summed E-state index contributed by atoms with van der Waals surface area (Å²) in [5.74, 6) is 1.02. The smallest absolute Gasteiger partial charge is 0.0625 e. The number of rotatable bonds is 7. The lowest BCUT2D eigenvalue weighted by atomic mass is 9.93. The molecule has 92 valence electrons. The molecule has 0 aromatic carbocycles. The number of aliphatic hydroxyl groups is 1. The second-order valence-electron chi connectivity index (χ2n) is 4.18. The van der Waals surface area contributed by atoms with Crippen molar-refractivity contribution in [3.63, 3.8) is 0 Å². The van der Waals surface area contributed by atoms with E-state index in [2.05, 4.69) is 5.10 Å². The van der Waals surface area contributed by atoms with Crippen molar-refractivity contribution >= 4 is 11.8 Å². The van der Waals surface area contributed by atoms with Crippen LogP contribution in [0.25, 0.3) is 0 Å². The van der Waals surface area contributed by atoms with Crippen LogP contribution in [0.2, 0.25) is 0 Å². The predicted octanol–water partition coefficient (Wildman–Crippen LogP) is 1.39. The molecule has 16 heavy (non-hydrogen) atoms. The molecule has 1 aromatic heterocycles. The Hall–Kier alpha value is -0.520. The van der Waals surface area contributed by atoms with Crippen molar-refractivity contribution in [1.82, 2.24) is 9.78 Å². The van der Waals surface area contributed by atoms with Crippen LogP contribution in [-0.4, -0.2) is 32.8 Å². The van der Waals surface area contributed by atoms with E-state index in [1.165, 1.54) is 4.90 Å². The minimum atomic E-state index is -0.393. The van der Waals surface area contributed by atoms with Gasteiger partial charge in [-0.15, -0.1) is 11.8 Å². The summed E-state index contributed by atoms with van der Waals surface area (Å²) in [4.78, 5) is 1.19. The topological polar surface area (TPSA) is 64.1 Å². The highest BCUT2D eigenvalue weighted by Crippen LogP contribution is 2.21. The Morgan fingerprint density at radius 3 is 2.88 bits per heavy atom. The average Bonchev–Trinajstić information content (AvgIpc) is 2.70. The van der Waals surface area contributed by atoms with E-state index in [9.17, 15) is 0 Å². The van der Waals surface area contributed by atoms with Crippen LogP contribution in [0.1, 0.15) is 26.2 Å². The number of thioether (sulfide) groups is 1. The quantitative estimate of drug-likeness (QED) is 0.561. The van der Waals surface area contributed by atoms with Gasteiger partial charge in [-0.3, -0.25) is 4.68 Å². The Kier molecular flexibility index (Phi) is 5.31. The third-order valence-electron chi connectivity index (χ3n) is 2.79. The number of aliphatic hydroxyl groups excluding tert-OH is 1. The largest absolute Gasteiger partial charge is 0.394 e. The maximum absolute atomic E-state index is 9.16. The highest BCUT2D eigenvalue weighted by Gasteiger charge is 2.20. The van der Waals surface area contributed by atoms with Gasteiger partial charge >= 0.3 is 0 Å². The standard InChI is InChI=1S/C11H21N3OS/c1-3-11(12,9-15)5-4-6-16-10-7-13-14(2)8-10/h7-8,15H,3-6,9,12H2,1-2H3. The molecule has 1 aromatic rings. The van der Waals surface area contributed by atoms with E-state index in [1.54, 1.807) is 16.4 Å². The lowest BCUT2D eigenvalue weighted by Crippen LogP contribution is -2.42. The zero-order chi connectivity index (χ0) is 12.0. The number of hydrogen-bond donors (Lipinski definition) is 2. The first-order valence-electron chi connectivity index (χ1n) is 5.61. The van der Waals surface area contributed by atoms with Crippen molar-refractivity contribution in [2.75, 3.05) is 12.4 Å². The molecule has 5 heteroatoms. The van der Waals surface area contributed by atoms with Crippen molar-refractivity contribution in [3.05, 3.63) is 12.4 Å². The summed E-state index contributed by atoms with van der Waals surface area (Å²) >= 11 is 1.78. The highest BCUT2D eigenvalue weighted by atomic mass is 32.2. The molecule has 0 fully saturated rings. The fourth-order valence-corrected chi connectivity index (χ4v) is 2.33. The molecular weight excluding hydrogens is 222 g/mol. The Labute approximate surface area is 101 Å². The Morgan fingerprint density at radius 2 is 2.38 bits per heavy atom. The molecule has 1 heterocycles. The van der Waals surface area contributed by atoms with Gasteiger partial charge in [0.05, 0.1) is 12.8 Å². The van der Waals surface area contributed by atoms with Crippen molar-refractivity contribution in [3.8, 4) is 0 Å². The van der Waals surface area contributed by atoms with Gasteiger partial charge in [-0.1, -0.05) is 6.92 Å². The van der Waals surface area contributed by atoms with Crippen LogP contribution in [0, 0.1) is 0 Å². The number of aryl methyl sites for hydroxylation is 1. The molecule has 3 N–H and O–H groups in total. The van der Waals surface area contributed by atoms with Gasteiger partial charge < -0.3 is 10.8 Å². The maximum atomic E-state index is 9.16. The van der Waals surface area contributed by atoms with E-state index >= 15 is 0 Å². The van der Waals surface area contributed by atoms with Crippen molar-refractivity contribution in [1.29, 1.82) is 0 Å². The zero-order valence-electron chi connectivity index (χ0n) is 10.0. The van der Waals surface area contributed by atoms with Crippen molar-refractivity contribution in [2.45, 2.75) is 36.6 Å². The van der Waals surface area contributed by atoms with Gasteiger partial charge in [0.2, 0.25) is 0 Å². The second-order valence-corrected chi connectivity index (χ2v) is 5.34. The average molecular weight is 243 g/mol. The number of aromatic nitrogens is 2.